The van der Waals surface area contributed by atoms with Crippen LogP contribution in [0.25, 0.3) is 0 Å². The van der Waals surface area contributed by atoms with Gasteiger partial charge in [-0.3, -0.25) is 13.6 Å². The Morgan fingerprint density at radius 3 is 2.12 bits per heavy atom. The van der Waals surface area contributed by atoms with Gasteiger partial charge in [0.25, 0.3) is 0 Å². The average Bonchev–Trinajstić information content (AvgIpc) is 2.79. The van der Waals surface area contributed by atoms with Crippen LogP contribution < -0.4 is 0 Å². The van der Waals surface area contributed by atoms with Gasteiger partial charge in [0.15, 0.2) is 0 Å². The number of allylic oxidation sites excluding steroid dienone is 2. The second-order valence-electron chi connectivity index (χ2n) is 4.50. The van der Waals surface area contributed by atoms with E-state index in [0.29, 0.717) is 36.9 Å². The van der Waals surface area contributed by atoms with Gasteiger partial charge in [-0.15, -0.1) is 0 Å². The minimum atomic E-state index is -3.24. The molecular formula is C10H15ArO4P. The van der Waals surface area contributed by atoms with Crippen LogP contribution in [0.5, 0.6) is 0 Å². The Balaban J connectivity index is 0.000000963. The molecule has 3 rings (SSSR count). The van der Waals surface area contributed by atoms with Gasteiger partial charge in [0, 0.05) is 44.8 Å². The zero-order valence-corrected chi connectivity index (χ0v) is 10.6. The van der Waals surface area contributed by atoms with E-state index in [0.717, 1.165) is 0 Å². The molecule has 0 radical (unpaired) electrons. The summed E-state index contributed by atoms with van der Waals surface area (Å²) in [5.74, 6) is 2.11. The van der Waals surface area contributed by atoms with E-state index in [-0.39, 0.29) is 37.7 Å². The van der Waals surface area contributed by atoms with Crippen molar-refractivity contribution >= 4 is 7.82 Å². The van der Waals surface area contributed by atoms with Crippen molar-refractivity contribution in [3.63, 3.8) is 0 Å². The molecule has 0 aromatic heterocycles. The van der Waals surface area contributed by atoms with E-state index in [1.54, 1.807) is 0 Å². The number of hydrogen-bond acceptors (Lipinski definition) is 4. The Bertz CT molecular complexity index is 320. The summed E-state index contributed by atoms with van der Waals surface area (Å²) in [6, 6.07) is 0. The fourth-order valence-corrected chi connectivity index (χ4v) is 4.01. The maximum atomic E-state index is 11.8. The summed E-state index contributed by atoms with van der Waals surface area (Å²) >= 11 is 0. The monoisotopic (exact) mass is 270 g/mol. The third-order valence-electron chi connectivity index (χ3n) is 3.87. The third-order valence-corrected chi connectivity index (χ3v) is 5.25. The molecule has 2 bridgehead atoms. The fraction of sp³-hybridized carbons (Fsp3) is 0.800. The van der Waals surface area contributed by atoms with E-state index >= 15 is 0 Å². The summed E-state index contributed by atoms with van der Waals surface area (Å²) in [6.07, 6.45) is 5.73. The summed E-state index contributed by atoms with van der Waals surface area (Å²) in [7, 11) is -1.87. The first kappa shape index (κ1) is 13.5. The molecule has 1 aliphatic heterocycles. The first-order valence-corrected chi connectivity index (χ1v) is 6.81. The second kappa shape index (κ2) is 5.00. The number of phosphoric acid groups is 1. The van der Waals surface area contributed by atoms with Crippen LogP contribution in [0.2, 0.25) is 0 Å². The Hall–Kier alpha value is 1.11. The van der Waals surface area contributed by atoms with Crippen LogP contribution in [-0.2, 0) is 18.1 Å². The number of phosphoric ester groups is 1. The predicted octanol–water partition coefficient (Wildman–Crippen LogP) is 2.23. The van der Waals surface area contributed by atoms with Gasteiger partial charge in [0.2, 0.25) is 0 Å². The van der Waals surface area contributed by atoms with Crippen molar-refractivity contribution in [2.45, 2.75) is 6.42 Å². The smallest absolute Gasteiger partial charge is 0.290 e. The molecular weight excluding hydrogens is 255 g/mol. The molecule has 0 amide bonds. The fourth-order valence-electron chi connectivity index (χ4n) is 3.02. The largest absolute Gasteiger partial charge is 0.474 e. The zero-order valence-electron chi connectivity index (χ0n) is 9.02. The van der Waals surface area contributed by atoms with E-state index in [1.807, 2.05) is 0 Å². The molecule has 5 atom stereocenters. The Labute approximate surface area is 125 Å². The van der Waals surface area contributed by atoms with E-state index in [4.69, 9.17) is 13.6 Å². The average molecular weight is 270 g/mol. The van der Waals surface area contributed by atoms with Crippen LogP contribution in [0.1, 0.15) is 6.42 Å². The van der Waals surface area contributed by atoms with Gasteiger partial charge in [-0.1, -0.05) is 12.2 Å². The Kier molecular flexibility index (Phi) is 4.23. The van der Waals surface area contributed by atoms with Gasteiger partial charge < -0.3 is 0 Å². The molecule has 0 aromatic carbocycles. The minimum Gasteiger partial charge on any atom is -0.290 e. The van der Waals surface area contributed by atoms with Crippen molar-refractivity contribution < 1.29 is 55.9 Å². The molecule has 4 nitrogen and oxygen atoms in total. The molecule has 0 spiro atoms. The van der Waals surface area contributed by atoms with E-state index < -0.39 is 7.82 Å². The van der Waals surface area contributed by atoms with Crippen LogP contribution in [-0.4, -0.2) is 20.3 Å². The molecule has 2 fully saturated rings. The zero-order chi connectivity index (χ0) is 10.5. The summed E-state index contributed by atoms with van der Waals surface area (Å²) in [6.45, 7) is 1.00. The van der Waals surface area contributed by atoms with Crippen LogP contribution >= 0.6 is 7.82 Å². The molecule has 6 heteroatoms. The molecule has 0 N–H and O–H groups in total. The topological polar surface area (TPSA) is 44.8 Å². The maximum Gasteiger partial charge on any atom is 0.474 e. The number of rotatable bonds is 1. The number of fused-ring (bicyclic) bond motifs is 5. The number of hydrogen-bond donors (Lipinski definition) is 0. The van der Waals surface area contributed by atoms with Crippen LogP contribution in [0, 0.1) is 61.4 Å². The molecule has 3 aliphatic rings. The molecule has 1 saturated carbocycles. The standard InChI is InChI=1S/C10H15O4P.Ar/c1-12-15(11)13-5-9-7-2-3-8(4-7)10(9)6-14-15;/h2-3,7-10H,4-6H2,1H3;/t7-,8?,9+,10-,15?;/m0./s1. The van der Waals surface area contributed by atoms with Gasteiger partial charge >= 0.3 is 7.82 Å². The van der Waals surface area contributed by atoms with E-state index in [1.165, 1.54) is 13.5 Å². The van der Waals surface area contributed by atoms with Crippen molar-refractivity contribution in [2.75, 3.05) is 20.3 Å². The molecule has 2 unspecified atom stereocenters. The van der Waals surface area contributed by atoms with Crippen LogP contribution in [0.15, 0.2) is 12.2 Å². The summed E-state index contributed by atoms with van der Waals surface area (Å²) in [4.78, 5) is 0. The van der Waals surface area contributed by atoms with Crippen LogP contribution in [0.4, 0.5) is 0 Å². The Morgan fingerprint density at radius 1 is 1.19 bits per heavy atom. The van der Waals surface area contributed by atoms with Crippen molar-refractivity contribution in [1.29, 1.82) is 0 Å². The summed E-state index contributed by atoms with van der Waals surface area (Å²) in [5.41, 5.74) is 0. The summed E-state index contributed by atoms with van der Waals surface area (Å²) < 4.78 is 27.2. The quantitative estimate of drug-likeness (QED) is 0.541. The van der Waals surface area contributed by atoms with Crippen molar-refractivity contribution in [3.8, 4) is 0 Å². The molecule has 16 heavy (non-hydrogen) atoms. The first-order valence-electron chi connectivity index (χ1n) is 5.35. The van der Waals surface area contributed by atoms with Crippen molar-refractivity contribution in [1.82, 2.24) is 0 Å². The normalized spacial score (nSPS) is 49.6. The van der Waals surface area contributed by atoms with Gasteiger partial charge in [0.05, 0.1) is 13.2 Å². The predicted molar refractivity (Wildman–Crippen MR) is 54.2 cm³/mol. The second-order valence-corrected chi connectivity index (χ2v) is 6.27. The third kappa shape index (κ3) is 2.18. The van der Waals surface area contributed by atoms with Gasteiger partial charge in [-0.05, 0) is 30.1 Å². The molecule has 92 valence electrons. The molecule has 2 aliphatic carbocycles. The molecule has 1 heterocycles. The molecule has 0 aromatic rings. The van der Waals surface area contributed by atoms with Gasteiger partial charge in [0.1, 0.15) is 0 Å². The SMILES string of the molecule is COP1(=O)OC[C@@H]2[C@H]3C=CC(C3)[C@@H]2CO1.[Ar]. The summed E-state index contributed by atoms with van der Waals surface area (Å²) in [5, 5.41) is 0. The van der Waals surface area contributed by atoms with Crippen molar-refractivity contribution in [2.24, 2.45) is 23.7 Å². The maximum absolute atomic E-state index is 11.8. The van der Waals surface area contributed by atoms with E-state index in [9.17, 15) is 4.57 Å². The van der Waals surface area contributed by atoms with Gasteiger partial charge in [-0.2, -0.15) is 0 Å². The Morgan fingerprint density at radius 2 is 1.69 bits per heavy atom. The molecule has 1 saturated heterocycles. The minimum absolute atomic E-state index is 0. The van der Waals surface area contributed by atoms with Crippen LogP contribution in [0.3, 0.4) is 0 Å². The first-order chi connectivity index (χ1) is 7.22. The van der Waals surface area contributed by atoms with Gasteiger partial charge in [-0.25, -0.2) is 4.57 Å². The van der Waals surface area contributed by atoms with E-state index in [2.05, 4.69) is 12.2 Å². The van der Waals surface area contributed by atoms with Crippen molar-refractivity contribution in [3.05, 3.63) is 12.2 Å².